The summed E-state index contributed by atoms with van der Waals surface area (Å²) in [6.07, 6.45) is -0.302. The van der Waals surface area contributed by atoms with E-state index in [1.54, 1.807) is 0 Å². The number of hydrogen-bond acceptors (Lipinski definition) is 3. The van der Waals surface area contributed by atoms with Crippen LogP contribution in [0.4, 0.5) is 8.78 Å². The van der Waals surface area contributed by atoms with Crippen molar-refractivity contribution in [2.45, 2.75) is 11.0 Å². The molecule has 0 bridgehead atoms. The molecule has 0 aliphatic carbocycles. The Morgan fingerprint density at radius 2 is 1.65 bits per heavy atom. The van der Waals surface area contributed by atoms with Crippen molar-refractivity contribution in [3.8, 4) is 0 Å². The van der Waals surface area contributed by atoms with Crippen LogP contribution in [0, 0.1) is 11.6 Å². The monoisotopic (exact) mass is 298 g/mol. The molecular formula is C14H12F2O3S. The second kappa shape index (κ2) is 5.30. The molecule has 2 rings (SSSR count). The maximum absolute atomic E-state index is 13.6. The lowest BCUT2D eigenvalue weighted by molar-refractivity contribution is 0.213. The van der Waals surface area contributed by atoms with E-state index in [1.807, 2.05) is 0 Å². The molecule has 0 amide bonds. The minimum atomic E-state index is -3.34. The second-order valence-corrected chi connectivity index (χ2v) is 6.40. The molecule has 0 saturated heterocycles. The molecule has 0 saturated carbocycles. The average molecular weight is 298 g/mol. The molecule has 1 atom stereocenters. The van der Waals surface area contributed by atoms with Crippen molar-refractivity contribution < 1.29 is 22.3 Å². The lowest BCUT2D eigenvalue weighted by atomic mass is 10.0. The molecular weight excluding hydrogens is 286 g/mol. The van der Waals surface area contributed by atoms with Crippen LogP contribution in [0.25, 0.3) is 0 Å². The maximum atomic E-state index is 13.6. The largest absolute Gasteiger partial charge is 0.384 e. The van der Waals surface area contributed by atoms with Crippen LogP contribution in [0.2, 0.25) is 0 Å². The fourth-order valence-corrected chi connectivity index (χ4v) is 2.44. The third-order valence-corrected chi connectivity index (χ3v) is 4.03. The van der Waals surface area contributed by atoms with Crippen LogP contribution in [0.1, 0.15) is 17.2 Å². The molecule has 2 aromatic carbocycles. The quantitative estimate of drug-likeness (QED) is 0.947. The zero-order valence-electron chi connectivity index (χ0n) is 10.5. The normalized spacial score (nSPS) is 13.2. The summed E-state index contributed by atoms with van der Waals surface area (Å²) in [6.45, 7) is 0. The summed E-state index contributed by atoms with van der Waals surface area (Å²) < 4.78 is 49.3. The number of rotatable bonds is 3. The number of sulfone groups is 1. The molecule has 0 aliphatic rings. The van der Waals surface area contributed by atoms with Crippen molar-refractivity contribution in [3.05, 3.63) is 65.2 Å². The van der Waals surface area contributed by atoms with E-state index in [-0.39, 0.29) is 16.0 Å². The van der Waals surface area contributed by atoms with Crippen molar-refractivity contribution >= 4 is 9.84 Å². The summed E-state index contributed by atoms with van der Waals surface area (Å²) in [7, 11) is -3.34. The van der Waals surface area contributed by atoms with Gasteiger partial charge >= 0.3 is 0 Å². The number of aliphatic hydroxyl groups excluding tert-OH is 1. The topological polar surface area (TPSA) is 54.4 Å². The van der Waals surface area contributed by atoms with E-state index < -0.39 is 27.6 Å². The van der Waals surface area contributed by atoms with Gasteiger partial charge in [-0.2, -0.15) is 0 Å². The van der Waals surface area contributed by atoms with Gasteiger partial charge in [-0.1, -0.05) is 24.3 Å². The first-order valence-corrected chi connectivity index (χ1v) is 7.62. The fourth-order valence-electron chi connectivity index (χ4n) is 1.81. The Kier molecular flexibility index (Phi) is 3.87. The van der Waals surface area contributed by atoms with Gasteiger partial charge in [0.15, 0.2) is 21.5 Å². The van der Waals surface area contributed by atoms with E-state index in [4.69, 9.17) is 0 Å². The average Bonchev–Trinajstić information content (AvgIpc) is 2.40. The van der Waals surface area contributed by atoms with Gasteiger partial charge in [0.05, 0.1) is 4.90 Å². The molecule has 2 aromatic rings. The van der Waals surface area contributed by atoms with Crippen LogP contribution >= 0.6 is 0 Å². The third kappa shape index (κ3) is 2.86. The highest BCUT2D eigenvalue weighted by atomic mass is 32.2. The van der Waals surface area contributed by atoms with Crippen LogP contribution in [-0.4, -0.2) is 19.8 Å². The highest BCUT2D eigenvalue weighted by Gasteiger charge is 2.18. The van der Waals surface area contributed by atoms with Crippen molar-refractivity contribution in [3.63, 3.8) is 0 Å². The van der Waals surface area contributed by atoms with Gasteiger partial charge in [-0.15, -0.1) is 0 Å². The number of benzene rings is 2. The Labute approximate surface area is 115 Å². The summed E-state index contributed by atoms with van der Waals surface area (Å²) >= 11 is 0. The minimum Gasteiger partial charge on any atom is -0.384 e. The summed E-state index contributed by atoms with van der Waals surface area (Å²) in [5, 5.41) is 10.0. The lowest BCUT2D eigenvalue weighted by Gasteiger charge is -2.13. The van der Waals surface area contributed by atoms with E-state index in [1.165, 1.54) is 36.4 Å². The molecule has 0 aliphatic heterocycles. The third-order valence-electron chi connectivity index (χ3n) is 2.90. The molecule has 0 radical (unpaired) electrons. The number of halogens is 2. The van der Waals surface area contributed by atoms with E-state index in [0.717, 1.165) is 12.3 Å². The summed E-state index contributed by atoms with van der Waals surface area (Å²) in [5.41, 5.74) is 0.0824. The van der Waals surface area contributed by atoms with Gasteiger partial charge in [-0.05, 0) is 23.8 Å². The molecule has 106 valence electrons. The highest BCUT2D eigenvalue weighted by molar-refractivity contribution is 7.90. The Morgan fingerprint density at radius 1 is 1.05 bits per heavy atom. The van der Waals surface area contributed by atoms with Crippen LogP contribution in [0.15, 0.2) is 47.4 Å². The molecule has 0 aromatic heterocycles. The molecule has 0 spiro atoms. The standard InChI is InChI=1S/C14H12F2O3S/c1-20(18,19)10-7-5-9(6-8-10)14(17)11-3-2-4-12(15)13(11)16/h2-8,14,17H,1H3. The number of hydrogen-bond donors (Lipinski definition) is 1. The SMILES string of the molecule is CS(=O)(=O)c1ccc(C(O)c2cccc(F)c2F)cc1. The van der Waals surface area contributed by atoms with Crippen molar-refractivity contribution in [1.29, 1.82) is 0 Å². The minimum absolute atomic E-state index is 0.0909. The van der Waals surface area contributed by atoms with E-state index in [9.17, 15) is 22.3 Å². The summed E-state index contributed by atoms with van der Waals surface area (Å²) in [6, 6.07) is 8.88. The first kappa shape index (κ1) is 14.6. The van der Waals surface area contributed by atoms with Gasteiger partial charge < -0.3 is 5.11 Å². The van der Waals surface area contributed by atoms with E-state index in [2.05, 4.69) is 0 Å². The number of aliphatic hydroxyl groups is 1. The van der Waals surface area contributed by atoms with Gasteiger partial charge in [-0.25, -0.2) is 17.2 Å². The fraction of sp³-hybridized carbons (Fsp3) is 0.143. The van der Waals surface area contributed by atoms with Gasteiger partial charge in [0.25, 0.3) is 0 Å². The Morgan fingerprint density at radius 3 is 2.20 bits per heavy atom. The lowest BCUT2D eigenvalue weighted by Crippen LogP contribution is -2.05. The predicted octanol–water partition coefficient (Wildman–Crippen LogP) is 2.45. The zero-order chi connectivity index (χ0) is 14.9. The van der Waals surface area contributed by atoms with E-state index >= 15 is 0 Å². The highest BCUT2D eigenvalue weighted by Crippen LogP contribution is 2.26. The molecule has 1 N–H and O–H groups in total. The zero-order valence-corrected chi connectivity index (χ0v) is 11.4. The second-order valence-electron chi connectivity index (χ2n) is 4.39. The van der Waals surface area contributed by atoms with Crippen LogP contribution < -0.4 is 0 Å². The van der Waals surface area contributed by atoms with Crippen molar-refractivity contribution in [2.24, 2.45) is 0 Å². The molecule has 0 fully saturated rings. The van der Waals surface area contributed by atoms with Gasteiger partial charge in [0.2, 0.25) is 0 Å². The van der Waals surface area contributed by atoms with Crippen molar-refractivity contribution in [1.82, 2.24) is 0 Å². The maximum Gasteiger partial charge on any atom is 0.175 e. The van der Waals surface area contributed by atoms with Crippen LogP contribution in [-0.2, 0) is 9.84 Å². The van der Waals surface area contributed by atoms with Gasteiger partial charge in [-0.3, -0.25) is 0 Å². The van der Waals surface area contributed by atoms with E-state index in [0.29, 0.717) is 0 Å². The Balaban J connectivity index is 2.39. The molecule has 20 heavy (non-hydrogen) atoms. The molecule has 1 unspecified atom stereocenters. The van der Waals surface area contributed by atoms with Crippen molar-refractivity contribution in [2.75, 3.05) is 6.26 Å². The van der Waals surface area contributed by atoms with Crippen LogP contribution in [0.5, 0.6) is 0 Å². The summed E-state index contributed by atoms with van der Waals surface area (Å²) in [5.74, 6) is -2.17. The molecule has 3 nitrogen and oxygen atoms in total. The molecule has 6 heteroatoms. The van der Waals surface area contributed by atoms with Gasteiger partial charge in [0, 0.05) is 11.8 Å². The molecule has 0 heterocycles. The summed E-state index contributed by atoms with van der Waals surface area (Å²) in [4.78, 5) is 0.0909. The predicted molar refractivity (Wildman–Crippen MR) is 70.0 cm³/mol. The first-order chi connectivity index (χ1) is 9.30. The Hall–Kier alpha value is -1.79. The van der Waals surface area contributed by atoms with Gasteiger partial charge in [0.1, 0.15) is 6.10 Å². The Bertz CT molecular complexity index is 725. The van der Waals surface area contributed by atoms with Crippen LogP contribution in [0.3, 0.4) is 0 Å². The smallest absolute Gasteiger partial charge is 0.175 e. The first-order valence-electron chi connectivity index (χ1n) is 5.72.